The van der Waals surface area contributed by atoms with Crippen LogP contribution < -0.4 is 14.8 Å². The highest BCUT2D eigenvalue weighted by Gasteiger charge is 2.34. The lowest BCUT2D eigenvalue weighted by atomic mass is 9.81. The van der Waals surface area contributed by atoms with Gasteiger partial charge in [0.25, 0.3) is 5.91 Å². The van der Waals surface area contributed by atoms with E-state index in [1.165, 1.54) is 39.1 Å². The summed E-state index contributed by atoms with van der Waals surface area (Å²) in [7, 11) is 1.41. The Morgan fingerprint density at radius 1 is 1.08 bits per heavy atom. The number of carbonyl (C=O) groups excluding carboxylic acids is 3. The Morgan fingerprint density at radius 3 is 2.42 bits per heavy atom. The monoisotopic (exact) mass is 498 g/mol. The molecule has 1 saturated carbocycles. The van der Waals surface area contributed by atoms with Crippen molar-refractivity contribution in [3.8, 4) is 11.5 Å². The number of benzene rings is 1. The summed E-state index contributed by atoms with van der Waals surface area (Å²) in [6.45, 7) is 4.28. The second-order valence-electron chi connectivity index (χ2n) is 8.91. The standard InChI is InChI=1S/C27H34N2O7/c1-17(29-26(31)24-25(35-16-34-19(3)30)22(33-4)14-15-28-24)27(32)36-18(2)23(21-12-8-9-13-21)20-10-6-5-7-11-20/h5-7,10-11,14-15,17-18,21,23H,8-9,12-13,16H2,1-4H3,(H,29,31)/t17-,18-,23-/m0/s1. The van der Waals surface area contributed by atoms with Crippen LogP contribution in [0.25, 0.3) is 0 Å². The molecule has 1 N–H and O–H groups in total. The largest absolute Gasteiger partial charge is 0.493 e. The molecule has 0 aliphatic heterocycles. The van der Waals surface area contributed by atoms with Gasteiger partial charge in [0, 0.05) is 25.1 Å². The molecular weight excluding hydrogens is 464 g/mol. The molecule has 0 saturated heterocycles. The van der Waals surface area contributed by atoms with Crippen molar-refractivity contribution in [3.05, 3.63) is 53.9 Å². The Morgan fingerprint density at radius 2 is 1.78 bits per heavy atom. The lowest BCUT2D eigenvalue weighted by Gasteiger charge is -2.30. The molecule has 1 aliphatic rings. The van der Waals surface area contributed by atoms with E-state index in [0.29, 0.717) is 5.92 Å². The molecule has 1 aromatic heterocycles. The topological polar surface area (TPSA) is 113 Å². The Balaban J connectivity index is 1.68. The van der Waals surface area contributed by atoms with Crippen LogP contribution in [0.1, 0.15) is 68.4 Å². The molecule has 1 amide bonds. The van der Waals surface area contributed by atoms with E-state index in [1.54, 1.807) is 6.92 Å². The summed E-state index contributed by atoms with van der Waals surface area (Å²) in [5.41, 5.74) is 1.04. The summed E-state index contributed by atoms with van der Waals surface area (Å²) < 4.78 is 21.3. The second-order valence-corrected chi connectivity index (χ2v) is 8.91. The van der Waals surface area contributed by atoms with Gasteiger partial charge in [0.05, 0.1) is 7.11 Å². The predicted octanol–water partition coefficient (Wildman–Crippen LogP) is 4.01. The summed E-state index contributed by atoms with van der Waals surface area (Å²) in [4.78, 5) is 41.1. The first-order chi connectivity index (χ1) is 17.3. The number of nitrogens with one attached hydrogen (secondary N) is 1. The van der Waals surface area contributed by atoms with Crippen LogP contribution in [-0.4, -0.2) is 48.9 Å². The normalized spacial score (nSPS) is 15.9. The maximum absolute atomic E-state index is 13.0. The van der Waals surface area contributed by atoms with Gasteiger partial charge in [-0.15, -0.1) is 0 Å². The predicted molar refractivity (Wildman–Crippen MR) is 132 cm³/mol. The molecule has 3 rings (SSSR count). The van der Waals surface area contributed by atoms with Crippen LogP contribution in [-0.2, 0) is 19.1 Å². The van der Waals surface area contributed by atoms with Gasteiger partial charge in [-0.3, -0.25) is 9.59 Å². The zero-order valence-corrected chi connectivity index (χ0v) is 21.2. The number of amides is 1. The zero-order chi connectivity index (χ0) is 26.1. The molecule has 1 aromatic carbocycles. The van der Waals surface area contributed by atoms with Crippen molar-refractivity contribution in [1.29, 1.82) is 0 Å². The second kappa shape index (κ2) is 12.9. The van der Waals surface area contributed by atoms with E-state index in [2.05, 4.69) is 22.4 Å². The third kappa shape index (κ3) is 6.96. The summed E-state index contributed by atoms with van der Waals surface area (Å²) in [5.74, 6) is -0.980. The molecule has 9 nitrogen and oxygen atoms in total. The lowest BCUT2D eigenvalue weighted by Crippen LogP contribution is -2.42. The van der Waals surface area contributed by atoms with Crippen molar-refractivity contribution in [1.82, 2.24) is 10.3 Å². The number of nitrogens with zero attached hydrogens (tertiary/aromatic N) is 1. The minimum Gasteiger partial charge on any atom is -0.493 e. The molecule has 3 atom stereocenters. The van der Waals surface area contributed by atoms with Gasteiger partial charge in [0.15, 0.2) is 17.2 Å². The molecule has 194 valence electrons. The van der Waals surface area contributed by atoms with Gasteiger partial charge >= 0.3 is 11.9 Å². The van der Waals surface area contributed by atoms with Crippen molar-refractivity contribution in [3.63, 3.8) is 0 Å². The number of hydrogen-bond donors (Lipinski definition) is 1. The van der Waals surface area contributed by atoms with Crippen molar-refractivity contribution in [2.24, 2.45) is 5.92 Å². The molecule has 1 heterocycles. The van der Waals surface area contributed by atoms with Gasteiger partial charge in [-0.2, -0.15) is 0 Å². The van der Waals surface area contributed by atoms with E-state index in [0.717, 1.165) is 18.4 Å². The summed E-state index contributed by atoms with van der Waals surface area (Å²) >= 11 is 0. The molecular formula is C27H34N2O7. The average molecular weight is 499 g/mol. The first-order valence-electron chi connectivity index (χ1n) is 12.2. The maximum atomic E-state index is 13.0. The van der Waals surface area contributed by atoms with E-state index in [4.69, 9.17) is 18.9 Å². The fourth-order valence-electron chi connectivity index (χ4n) is 4.66. The number of esters is 2. The number of rotatable bonds is 11. The molecule has 1 fully saturated rings. The number of hydrogen-bond acceptors (Lipinski definition) is 8. The van der Waals surface area contributed by atoms with Gasteiger partial charge in [-0.25, -0.2) is 9.78 Å². The van der Waals surface area contributed by atoms with E-state index in [1.807, 2.05) is 25.1 Å². The summed E-state index contributed by atoms with van der Waals surface area (Å²) in [5, 5.41) is 2.62. The van der Waals surface area contributed by atoms with Crippen molar-refractivity contribution >= 4 is 17.8 Å². The molecule has 0 bridgehead atoms. The number of aromatic nitrogens is 1. The van der Waals surface area contributed by atoms with Crippen molar-refractivity contribution < 1.29 is 33.3 Å². The summed E-state index contributed by atoms with van der Waals surface area (Å²) in [6, 6.07) is 10.7. The first kappa shape index (κ1) is 27.0. The van der Waals surface area contributed by atoms with E-state index in [9.17, 15) is 14.4 Å². The molecule has 0 radical (unpaired) electrons. The van der Waals surface area contributed by atoms with E-state index in [-0.39, 0.29) is 29.2 Å². The Bertz CT molecular complexity index is 1040. The third-order valence-electron chi connectivity index (χ3n) is 6.37. The van der Waals surface area contributed by atoms with Crippen molar-refractivity contribution in [2.75, 3.05) is 13.9 Å². The minimum absolute atomic E-state index is 0.00180. The Kier molecular flexibility index (Phi) is 9.67. The molecule has 1 aliphatic carbocycles. The Hall–Kier alpha value is -3.62. The lowest BCUT2D eigenvalue weighted by molar-refractivity contribution is -0.152. The Labute approximate surface area is 211 Å². The minimum atomic E-state index is -0.936. The van der Waals surface area contributed by atoms with Crippen LogP contribution in [0, 0.1) is 5.92 Å². The fraction of sp³-hybridized carbons (Fsp3) is 0.481. The van der Waals surface area contributed by atoms with Gasteiger partial charge in [0.1, 0.15) is 12.1 Å². The molecule has 36 heavy (non-hydrogen) atoms. The maximum Gasteiger partial charge on any atom is 0.328 e. The fourth-order valence-corrected chi connectivity index (χ4v) is 4.66. The smallest absolute Gasteiger partial charge is 0.328 e. The van der Waals surface area contributed by atoms with Gasteiger partial charge in [-0.05, 0) is 38.2 Å². The van der Waals surface area contributed by atoms with Crippen LogP contribution in [0.4, 0.5) is 0 Å². The molecule has 0 unspecified atom stereocenters. The van der Waals surface area contributed by atoms with Crippen LogP contribution >= 0.6 is 0 Å². The van der Waals surface area contributed by atoms with Crippen molar-refractivity contribution in [2.45, 2.75) is 64.5 Å². The average Bonchev–Trinajstić information content (AvgIpc) is 3.38. The SMILES string of the molecule is COc1ccnc(C(=O)N[C@@H](C)C(=O)O[C@@H](C)[C@@H](c2ccccc2)C2CCCC2)c1OCOC(C)=O. The van der Waals surface area contributed by atoms with Crippen LogP contribution in [0.2, 0.25) is 0 Å². The molecule has 0 spiro atoms. The van der Waals surface area contributed by atoms with Crippen LogP contribution in [0.5, 0.6) is 11.5 Å². The van der Waals surface area contributed by atoms with Gasteiger partial charge in [0.2, 0.25) is 6.79 Å². The van der Waals surface area contributed by atoms with Crippen LogP contribution in [0.15, 0.2) is 42.6 Å². The summed E-state index contributed by atoms with van der Waals surface area (Å²) in [6.07, 6.45) is 5.58. The highest BCUT2D eigenvalue weighted by molar-refractivity contribution is 5.98. The highest BCUT2D eigenvalue weighted by Crippen LogP contribution is 2.40. The van der Waals surface area contributed by atoms with Crippen LogP contribution in [0.3, 0.4) is 0 Å². The highest BCUT2D eigenvalue weighted by atomic mass is 16.7. The van der Waals surface area contributed by atoms with E-state index >= 15 is 0 Å². The van der Waals surface area contributed by atoms with Gasteiger partial charge in [-0.1, -0.05) is 43.2 Å². The number of methoxy groups -OCH3 is 1. The number of ether oxygens (including phenoxy) is 4. The zero-order valence-electron chi connectivity index (χ0n) is 21.2. The molecule has 9 heteroatoms. The van der Waals surface area contributed by atoms with E-state index < -0.39 is 30.7 Å². The molecule has 2 aromatic rings. The van der Waals surface area contributed by atoms with Gasteiger partial charge < -0.3 is 24.3 Å². The number of pyridine rings is 1. The third-order valence-corrected chi connectivity index (χ3v) is 6.37. The quantitative estimate of drug-likeness (QED) is 0.365. The first-order valence-corrected chi connectivity index (χ1v) is 12.2. The number of carbonyl (C=O) groups is 3.